The van der Waals surface area contributed by atoms with Crippen molar-refractivity contribution >= 4 is 22.2 Å². The van der Waals surface area contributed by atoms with Crippen LogP contribution in [0.1, 0.15) is 104 Å². The molecule has 2 aromatic heterocycles. The lowest BCUT2D eigenvalue weighted by molar-refractivity contribution is -0.136. The summed E-state index contributed by atoms with van der Waals surface area (Å²) in [5.41, 5.74) is 5.18. The number of alkyl halides is 3. The number of allylic oxidation sites excluding steroid dienone is 2. The Balaban J connectivity index is 1.11. The highest BCUT2D eigenvalue weighted by molar-refractivity contribution is 5.86. The molecule has 0 radical (unpaired) electrons. The molecule has 3 aromatic rings. The highest BCUT2D eigenvalue weighted by Crippen LogP contribution is 2.56. The Labute approximate surface area is 221 Å². The number of hydrogen-bond donors (Lipinski definition) is 0. The van der Waals surface area contributed by atoms with Gasteiger partial charge in [-0.3, -0.25) is 4.98 Å². The Hall–Kier alpha value is -2.83. The SMILES string of the molecule is Cc1cc(C(F)(F)F)c2cc(N3CCC4(C=C(c5c(C6CCCCC6)noc5C5CC5)C4)CC3)ccc2n1. The quantitative estimate of drug-likeness (QED) is 0.345. The molecule has 7 heteroatoms. The summed E-state index contributed by atoms with van der Waals surface area (Å²) in [6, 6.07) is 6.49. The second kappa shape index (κ2) is 8.85. The van der Waals surface area contributed by atoms with E-state index in [0.29, 0.717) is 23.0 Å². The molecule has 3 fully saturated rings. The molecule has 0 atom stereocenters. The summed E-state index contributed by atoms with van der Waals surface area (Å²) in [5.74, 6) is 2.20. The number of aromatic nitrogens is 2. The van der Waals surface area contributed by atoms with E-state index >= 15 is 0 Å². The van der Waals surface area contributed by atoms with Crippen LogP contribution in [0.2, 0.25) is 0 Å². The zero-order valence-corrected chi connectivity index (χ0v) is 21.9. The minimum Gasteiger partial charge on any atom is -0.371 e. The predicted molar refractivity (Wildman–Crippen MR) is 142 cm³/mol. The number of hydrogen-bond acceptors (Lipinski definition) is 4. The number of pyridine rings is 1. The molecule has 0 unspecified atom stereocenters. The number of fused-ring (bicyclic) bond motifs is 1. The fourth-order valence-corrected chi connectivity index (χ4v) is 7.11. The van der Waals surface area contributed by atoms with Crippen LogP contribution >= 0.6 is 0 Å². The standard InChI is InChI=1S/C31H34F3N3O/c1-19-15-25(31(32,33)34)24-16-23(9-10-26(24)35-19)37-13-11-30(12-14-37)17-22(18-30)27-28(20-5-3-2-4-6-20)36-38-29(27)21-7-8-21/h9-10,15-17,20-21H,2-8,11-14,18H2,1H3. The molecule has 3 aliphatic carbocycles. The van der Waals surface area contributed by atoms with Gasteiger partial charge in [-0.25, -0.2) is 0 Å². The molecule has 4 nitrogen and oxygen atoms in total. The van der Waals surface area contributed by atoms with Gasteiger partial charge < -0.3 is 9.42 Å². The molecule has 2 saturated carbocycles. The van der Waals surface area contributed by atoms with Crippen molar-refractivity contribution in [2.75, 3.05) is 18.0 Å². The third kappa shape index (κ3) is 4.22. The van der Waals surface area contributed by atoms with E-state index in [2.05, 4.69) is 21.1 Å². The van der Waals surface area contributed by atoms with E-state index in [0.717, 1.165) is 49.9 Å². The smallest absolute Gasteiger partial charge is 0.371 e. The van der Waals surface area contributed by atoms with Crippen LogP contribution in [0.3, 0.4) is 0 Å². The monoisotopic (exact) mass is 521 g/mol. The maximum absolute atomic E-state index is 13.8. The van der Waals surface area contributed by atoms with Gasteiger partial charge in [0.15, 0.2) is 0 Å². The summed E-state index contributed by atoms with van der Waals surface area (Å²) >= 11 is 0. The van der Waals surface area contributed by atoms with Gasteiger partial charge in [0.05, 0.1) is 16.8 Å². The number of benzene rings is 1. The molecule has 200 valence electrons. The van der Waals surface area contributed by atoms with Crippen LogP contribution in [-0.4, -0.2) is 23.2 Å². The van der Waals surface area contributed by atoms with E-state index < -0.39 is 11.7 Å². The largest absolute Gasteiger partial charge is 0.417 e. The molecule has 0 N–H and O–H groups in total. The molecule has 4 aliphatic rings. The van der Waals surface area contributed by atoms with Gasteiger partial charge in [0.1, 0.15) is 5.76 Å². The average Bonchev–Trinajstić information content (AvgIpc) is 3.65. The molecular formula is C31H34F3N3O. The zero-order valence-electron chi connectivity index (χ0n) is 21.9. The molecular weight excluding hydrogens is 487 g/mol. The lowest BCUT2D eigenvalue weighted by atomic mass is 9.63. The Bertz CT molecular complexity index is 1400. The van der Waals surface area contributed by atoms with Crippen molar-refractivity contribution < 1.29 is 17.7 Å². The van der Waals surface area contributed by atoms with Gasteiger partial charge in [-0.05, 0) is 87.1 Å². The van der Waals surface area contributed by atoms with Crippen LogP contribution in [0.25, 0.3) is 16.5 Å². The van der Waals surface area contributed by atoms with Crippen LogP contribution in [0.15, 0.2) is 34.9 Å². The van der Waals surface area contributed by atoms with Crippen molar-refractivity contribution in [1.82, 2.24) is 10.1 Å². The number of anilines is 1. The van der Waals surface area contributed by atoms with Crippen molar-refractivity contribution in [3.63, 3.8) is 0 Å². The summed E-state index contributed by atoms with van der Waals surface area (Å²) in [7, 11) is 0. The van der Waals surface area contributed by atoms with Crippen LogP contribution < -0.4 is 4.90 Å². The van der Waals surface area contributed by atoms with Gasteiger partial charge in [-0.2, -0.15) is 13.2 Å². The number of halogens is 3. The fraction of sp³-hybridized carbons (Fsp3) is 0.548. The molecule has 0 amide bonds. The van der Waals surface area contributed by atoms with E-state index in [1.54, 1.807) is 19.1 Å². The summed E-state index contributed by atoms with van der Waals surface area (Å²) in [6.07, 6.45) is 9.89. The van der Waals surface area contributed by atoms with Crippen molar-refractivity contribution in [3.8, 4) is 0 Å². The lowest BCUT2D eigenvalue weighted by Gasteiger charge is -2.47. The fourth-order valence-electron chi connectivity index (χ4n) is 7.11. The number of nitrogens with zero attached hydrogens (tertiary/aromatic N) is 3. The number of aryl methyl sites for hydroxylation is 1. The minimum absolute atomic E-state index is 0.181. The van der Waals surface area contributed by atoms with Gasteiger partial charge in [0, 0.05) is 47.3 Å². The van der Waals surface area contributed by atoms with Crippen molar-refractivity contribution in [3.05, 3.63) is 58.6 Å². The molecule has 1 saturated heterocycles. The van der Waals surface area contributed by atoms with E-state index in [1.165, 1.54) is 61.8 Å². The predicted octanol–water partition coefficient (Wildman–Crippen LogP) is 8.55. The molecule has 38 heavy (non-hydrogen) atoms. The van der Waals surface area contributed by atoms with Gasteiger partial charge in [0.2, 0.25) is 0 Å². The third-order valence-corrected chi connectivity index (χ3v) is 9.38. The first-order chi connectivity index (χ1) is 18.3. The Morgan fingerprint density at radius 1 is 0.974 bits per heavy atom. The second-order valence-corrected chi connectivity index (χ2v) is 12.1. The van der Waals surface area contributed by atoms with Gasteiger partial charge in [-0.15, -0.1) is 0 Å². The summed E-state index contributed by atoms with van der Waals surface area (Å²) < 4.78 is 47.2. The molecule has 1 aliphatic heterocycles. The van der Waals surface area contributed by atoms with E-state index in [9.17, 15) is 13.2 Å². The molecule has 7 rings (SSSR count). The Morgan fingerprint density at radius 2 is 1.71 bits per heavy atom. The highest BCUT2D eigenvalue weighted by atomic mass is 19.4. The van der Waals surface area contributed by atoms with Crippen LogP contribution in [0.4, 0.5) is 18.9 Å². The normalized spacial score (nSPS) is 22.1. The lowest BCUT2D eigenvalue weighted by Crippen LogP contribution is -2.42. The van der Waals surface area contributed by atoms with Crippen molar-refractivity contribution in [2.24, 2.45) is 5.41 Å². The first kappa shape index (κ1) is 24.2. The number of piperidine rings is 1. The molecule has 3 heterocycles. The van der Waals surface area contributed by atoms with Crippen LogP contribution in [0, 0.1) is 12.3 Å². The maximum Gasteiger partial charge on any atom is 0.417 e. The highest BCUT2D eigenvalue weighted by Gasteiger charge is 2.44. The van der Waals surface area contributed by atoms with Gasteiger partial charge >= 0.3 is 6.18 Å². The second-order valence-electron chi connectivity index (χ2n) is 12.1. The Kier molecular flexibility index (Phi) is 5.64. The van der Waals surface area contributed by atoms with E-state index in [-0.39, 0.29) is 10.8 Å². The van der Waals surface area contributed by atoms with Crippen LogP contribution in [0.5, 0.6) is 0 Å². The van der Waals surface area contributed by atoms with Crippen molar-refractivity contribution in [1.29, 1.82) is 0 Å². The van der Waals surface area contributed by atoms with E-state index in [4.69, 9.17) is 4.52 Å². The zero-order chi connectivity index (χ0) is 26.1. The summed E-state index contributed by atoms with van der Waals surface area (Å²) in [6.45, 7) is 3.29. The van der Waals surface area contributed by atoms with E-state index in [1.807, 2.05) is 6.07 Å². The van der Waals surface area contributed by atoms with Crippen molar-refractivity contribution in [2.45, 2.75) is 89.1 Å². The summed E-state index contributed by atoms with van der Waals surface area (Å²) in [5, 5.41) is 4.82. The first-order valence-electron chi connectivity index (χ1n) is 14.2. The Morgan fingerprint density at radius 3 is 2.39 bits per heavy atom. The topological polar surface area (TPSA) is 42.2 Å². The molecule has 1 spiro atoms. The van der Waals surface area contributed by atoms with Gasteiger partial charge in [-0.1, -0.05) is 30.5 Å². The molecule has 0 bridgehead atoms. The molecule has 1 aromatic carbocycles. The number of rotatable bonds is 4. The van der Waals surface area contributed by atoms with Gasteiger partial charge in [0.25, 0.3) is 0 Å². The maximum atomic E-state index is 13.8. The average molecular weight is 522 g/mol. The van der Waals surface area contributed by atoms with Crippen LogP contribution in [-0.2, 0) is 6.18 Å². The minimum atomic E-state index is -4.40. The summed E-state index contributed by atoms with van der Waals surface area (Å²) in [4.78, 5) is 6.57. The third-order valence-electron chi connectivity index (χ3n) is 9.38. The first-order valence-corrected chi connectivity index (χ1v) is 14.2.